The molecule has 0 aliphatic heterocycles. The highest BCUT2D eigenvalue weighted by Crippen LogP contribution is 2.38. The number of carbonyl (C=O) groups is 2. The van der Waals surface area contributed by atoms with Crippen molar-refractivity contribution in [3.05, 3.63) is 72.9 Å². The van der Waals surface area contributed by atoms with Crippen molar-refractivity contribution in [1.29, 1.82) is 0 Å². The molecule has 3 atom stereocenters. The maximum absolute atomic E-state index is 13.5. The van der Waals surface area contributed by atoms with Crippen LogP contribution in [-0.4, -0.2) is 69.4 Å². The van der Waals surface area contributed by atoms with E-state index in [0.717, 1.165) is 103 Å². The van der Waals surface area contributed by atoms with E-state index in [1.807, 2.05) is 33.3 Å². The molecule has 3 unspecified atom stereocenters. The van der Waals surface area contributed by atoms with Gasteiger partial charge in [-0.2, -0.15) is 0 Å². The molecule has 1 N–H and O–H groups in total. The van der Waals surface area contributed by atoms with Crippen LogP contribution in [-0.2, 0) is 27.9 Å². The summed E-state index contributed by atoms with van der Waals surface area (Å²) in [6, 6.07) is -0.898. The molecule has 0 aromatic carbocycles. The Labute approximate surface area is 476 Å². The van der Waals surface area contributed by atoms with Gasteiger partial charge in [0.1, 0.15) is 19.3 Å². The molecular weight excluding hydrogens is 976 g/mol. The van der Waals surface area contributed by atoms with Gasteiger partial charge >= 0.3 is 5.97 Å². The van der Waals surface area contributed by atoms with Crippen LogP contribution in [0.25, 0.3) is 0 Å². The van der Waals surface area contributed by atoms with Gasteiger partial charge in [-0.15, -0.1) is 0 Å². The number of hydrogen-bond acceptors (Lipinski definition) is 7. The van der Waals surface area contributed by atoms with E-state index < -0.39 is 26.6 Å². The van der Waals surface area contributed by atoms with Crippen LogP contribution in [0.2, 0.25) is 0 Å². The Hall–Kier alpha value is -2.55. The second-order valence-electron chi connectivity index (χ2n) is 22.9. The van der Waals surface area contributed by atoms with Crippen LogP contribution in [0.4, 0.5) is 0 Å². The van der Waals surface area contributed by atoms with Crippen LogP contribution in [0.5, 0.6) is 0 Å². The van der Waals surface area contributed by atoms with Crippen molar-refractivity contribution in [2.24, 2.45) is 0 Å². The molecule has 0 aliphatic rings. The van der Waals surface area contributed by atoms with Crippen molar-refractivity contribution in [3.8, 4) is 0 Å². The minimum Gasteiger partial charge on any atom is -0.756 e. The number of rotatable bonds is 58. The summed E-state index contributed by atoms with van der Waals surface area (Å²) in [5, 5.41) is 3.02. The smallest absolute Gasteiger partial charge is 0.306 e. The topological polar surface area (TPSA) is 114 Å². The van der Waals surface area contributed by atoms with Gasteiger partial charge < -0.3 is 28.5 Å². The van der Waals surface area contributed by atoms with Crippen molar-refractivity contribution >= 4 is 19.7 Å². The number of allylic oxidation sites excluding steroid dienone is 11. The van der Waals surface area contributed by atoms with Gasteiger partial charge in [-0.05, 0) is 102 Å². The normalized spacial score (nSPS) is 14.1. The summed E-state index contributed by atoms with van der Waals surface area (Å²) in [6.45, 7) is 6.79. The van der Waals surface area contributed by atoms with Crippen LogP contribution in [0.1, 0.15) is 290 Å². The number of likely N-dealkylation sites (N-methyl/N-ethyl adjacent to an activating group) is 1. The number of hydrogen-bond donors (Lipinski definition) is 1. The van der Waals surface area contributed by atoms with Crippen molar-refractivity contribution < 1.29 is 37.3 Å². The summed E-state index contributed by atoms with van der Waals surface area (Å²) in [5.41, 5.74) is 0. The molecule has 0 aliphatic carbocycles. The maximum atomic E-state index is 13.5. The SMILES string of the molecule is CCCCC/C=C\C/C=C\C/C=C\CCCCCCCCC(=O)NC(COP(=O)([O-])OCC[N+](C)(C)C)C(/C=C/CCCCCCCCCCC)OC(=O)CCCCCCCCCCCCC/C=C\C/C=C\CCCCC. The molecule has 0 radical (unpaired) electrons. The highest BCUT2D eigenvalue weighted by Gasteiger charge is 2.27. The summed E-state index contributed by atoms with van der Waals surface area (Å²) in [5.74, 6) is -0.555. The van der Waals surface area contributed by atoms with Gasteiger partial charge in [-0.25, -0.2) is 0 Å². The van der Waals surface area contributed by atoms with Gasteiger partial charge in [0.05, 0.1) is 33.8 Å². The maximum Gasteiger partial charge on any atom is 0.306 e. The Morgan fingerprint density at radius 1 is 0.455 bits per heavy atom. The number of unbranched alkanes of at least 4 members (excludes halogenated alkanes) is 32. The average molecular weight is 1100 g/mol. The van der Waals surface area contributed by atoms with E-state index in [-0.39, 0.29) is 24.9 Å². The standard InChI is InChI=1S/C67H123N2O7P/c1-7-10-13-16-19-22-25-27-29-31-33-34-36-38-40-42-45-48-51-54-57-60-67(71)76-65(58-55-52-49-46-43-24-21-18-15-12-9-3)64(63-75-77(72,73)74-62-61-69(4,5)6)68-66(70)59-56-53-50-47-44-41-39-37-35-32-30-28-26-23-20-17-14-11-8-2/h19-20,22-23,27-30,35,37,55,58,64-65H,7-18,21,24-26,31-34,36,38-54,56-57,59-63H2,1-6H3,(H-,68,70,72,73)/b22-19-,23-20-,29-27-,30-28-,37-35-,58-55+. The minimum absolute atomic E-state index is 0.0273. The zero-order valence-corrected chi connectivity index (χ0v) is 52.0. The average Bonchev–Trinajstić information content (AvgIpc) is 3.39. The van der Waals surface area contributed by atoms with E-state index in [4.69, 9.17) is 13.8 Å². The molecule has 0 saturated carbocycles. The van der Waals surface area contributed by atoms with Crippen molar-refractivity contribution in [2.75, 3.05) is 40.9 Å². The lowest BCUT2D eigenvalue weighted by Crippen LogP contribution is -2.47. The number of phosphoric ester groups is 1. The quantitative estimate of drug-likeness (QED) is 0.0212. The Kier molecular flexibility index (Phi) is 54.8. The van der Waals surface area contributed by atoms with Gasteiger partial charge in [0, 0.05) is 12.8 Å². The van der Waals surface area contributed by atoms with E-state index in [0.29, 0.717) is 17.4 Å². The first-order chi connectivity index (χ1) is 37.4. The molecule has 0 aromatic rings. The molecular formula is C67H123N2O7P. The predicted octanol–water partition coefficient (Wildman–Crippen LogP) is 19.4. The van der Waals surface area contributed by atoms with Gasteiger partial charge in [0.25, 0.3) is 7.82 Å². The molecule has 1 amide bonds. The molecule has 77 heavy (non-hydrogen) atoms. The number of amides is 1. The number of nitrogens with zero attached hydrogens (tertiary/aromatic N) is 1. The summed E-state index contributed by atoms with van der Waals surface area (Å²) in [7, 11) is 1.17. The molecule has 0 heterocycles. The lowest BCUT2D eigenvalue weighted by atomic mass is 10.0. The van der Waals surface area contributed by atoms with Gasteiger partial charge in [-0.3, -0.25) is 14.2 Å². The van der Waals surface area contributed by atoms with Crippen LogP contribution >= 0.6 is 7.82 Å². The third-order valence-corrected chi connectivity index (χ3v) is 15.1. The van der Waals surface area contributed by atoms with E-state index in [1.165, 1.54) is 154 Å². The van der Waals surface area contributed by atoms with Gasteiger partial charge in [-0.1, -0.05) is 248 Å². The van der Waals surface area contributed by atoms with Gasteiger partial charge in [0.2, 0.25) is 5.91 Å². The summed E-state index contributed by atoms with van der Waals surface area (Å²) in [6.07, 6.45) is 72.9. The molecule has 0 spiro atoms. The fourth-order valence-corrected chi connectivity index (χ4v) is 9.81. The first kappa shape index (κ1) is 74.5. The predicted molar refractivity (Wildman–Crippen MR) is 330 cm³/mol. The molecule has 0 fully saturated rings. The molecule has 0 bridgehead atoms. The second kappa shape index (κ2) is 56.7. The zero-order chi connectivity index (χ0) is 56.4. The highest BCUT2D eigenvalue weighted by molar-refractivity contribution is 7.45. The fraction of sp³-hybridized carbons (Fsp3) is 0.791. The van der Waals surface area contributed by atoms with Crippen LogP contribution in [0.3, 0.4) is 0 Å². The summed E-state index contributed by atoms with van der Waals surface area (Å²) >= 11 is 0. The number of nitrogens with one attached hydrogen (secondary N) is 1. The monoisotopic (exact) mass is 1100 g/mol. The number of carbonyl (C=O) groups excluding carboxylic acids is 2. The lowest BCUT2D eigenvalue weighted by Gasteiger charge is -2.30. The van der Waals surface area contributed by atoms with Crippen molar-refractivity contribution in [2.45, 2.75) is 303 Å². The molecule has 448 valence electrons. The highest BCUT2D eigenvalue weighted by atomic mass is 31.2. The van der Waals surface area contributed by atoms with Crippen LogP contribution in [0.15, 0.2) is 72.9 Å². The molecule has 0 saturated heterocycles. The summed E-state index contributed by atoms with van der Waals surface area (Å²) < 4.78 is 30.3. The number of ether oxygens (including phenoxy) is 1. The number of phosphoric acid groups is 1. The first-order valence-electron chi connectivity index (χ1n) is 32.2. The van der Waals surface area contributed by atoms with Gasteiger partial charge in [0.15, 0.2) is 0 Å². The zero-order valence-electron chi connectivity index (χ0n) is 51.2. The van der Waals surface area contributed by atoms with Crippen LogP contribution < -0.4 is 10.2 Å². The third kappa shape index (κ3) is 57.9. The van der Waals surface area contributed by atoms with E-state index in [1.54, 1.807) is 0 Å². The number of esters is 1. The molecule has 0 aromatic heterocycles. The molecule has 9 nitrogen and oxygen atoms in total. The van der Waals surface area contributed by atoms with Crippen LogP contribution in [0, 0.1) is 0 Å². The molecule has 0 rings (SSSR count). The first-order valence-corrected chi connectivity index (χ1v) is 33.7. The van der Waals surface area contributed by atoms with Crippen molar-refractivity contribution in [3.63, 3.8) is 0 Å². The Morgan fingerprint density at radius 3 is 1.21 bits per heavy atom. The van der Waals surface area contributed by atoms with E-state index >= 15 is 0 Å². The minimum atomic E-state index is -4.70. The van der Waals surface area contributed by atoms with Crippen molar-refractivity contribution in [1.82, 2.24) is 5.32 Å². The molecule has 10 heteroatoms. The largest absolute Gasteiger partial charge is 0.756 e. The number of quaternary nitrogens is 1. The second-order valence-corrected chi connectivity index (χ2v) is 24.3. The Morgan fingerprint density at radius 2 is 0.792 bits per heavy atom. The van der Waals surface area contributed by atoms with E-state index in [2.05, 4.69) is 86.8 Å². The van der Waals surface area contributed by atoms with E-state index in [9.17, 15) is 19.0 Å². The fourth-order valence-electron chi connectivity index (χ4n) is 9.09. The summed E-state index contributed by atoms with van der Waals surface area (Å²) in [4.78, 5) is 40.0. The Bertz CT molecular complexity index is 1550. The Balaban J connectivity index is 5.19. The third-order valence-electron chi connectivity index (χ3n) is 14.1. The lowest BCUT2D eigenvalue weighted by molar-refractivity contribution is -0.870.